The van der Waals surface area contributed by atoms with Crippen molar-refractivity contribution in [3.63, 3.8) is 0 Å². The summed E-state index contributed by atoms with van der Waals surface area (Å²) in [4.78, 5) is 18.3. The lowest BCUT2D eigenvalue weighted by molar-refractivity contribution is 0.0790. The van der Waals surface area contributed by atoms with Crippen LogP contribution in [0.1, 0.15) is 28.6 Å². The van der Waals surface area contributed by atoms with Crippen molar-refractivity contribution < 1.29 is 9.21 Å². The van der Waals surface area contributed by atoms with Gasteiger partial charge >= 0.3 is 0 Å². The zero-order valence-corrected chi connectivity index (χ0v) is 13.0. The molecule has 24 heavy (non-hydrogen) atoms. The van der Waals surface area contributed by atoms with Crippen molar-refractivity contribution >= 4 is 5.91 Å². The van der Waals surface area contributed by atoms with Gasteiger partial charge in [0.25, 0.3) is 5.91 Å². The van der Waals surface area contributed by atoms with Gasteiger partial charge in [0.05, 0.1) is 5.92 Å². The van der Waals surface area contributed by atoms with Crippen molar-refractivity contribution in [2.75, 3.05) is 13.1 Å². The molecule has 0 saturated carbocycles. The Morgan fingerprint density at radius 1 is 1.08 bits per heavy atom. The molecule has 2 aromatic heterocycles. The van der Waals surface area contributed by atoms with E-state index in [1.807, 2.05) is 47.4 Å². The molecular weight excluding hydrogens is 304 g/mol. The van der Waals surface area contributed by atoms with Gasteiger partial charge in [0.2, 0.25) is 11.8 Å². The molecule has 6 nitrogen and oxygen atoms in total. The molecule has 1 atom stereocenters. The second kappa shape index (κ2) is 6.23. The molecule has 1 aliphatic heterocycles. The number of hydrogen-bond acceptors (Lipinski definition) is 5. The number of rotatable bonds is 3. The summed E-state index contributed by atoms with van der Waals surface area (Å²) in [5, 5.41) is 8.28. The molecule has 1 fully saturated rings. The molecule has 120 valence electrons. The Bertz CT molecular complexity index is 832. The van der Waals surface area contributed by atoms with E-state index in [4.69, 9.17) is 4.42 Å². The lowest BCUT2D eigenvalue weighted by atomic mass is 10.1. The van der Waals surface area contributed by atoms with Gasteiger partial charge in [-0.25, -0.2) is 0 Å². The quantitative estimate of drug-likeness (QED) is 0.742. The lowest BCUT2D eigenvalue weighted by Gasteiger charge is -2.15. The van der Waals surface area contributed by atoms with Crippen LogP contribution in [0, 0.1) is 0 Å². The SMILES string of the molecule is O=C(c1ccccc1)N1CC[C@H](c2nnc(-c3ccncc3)o2)C1. The van der Waals surface area contributed by atoms with Gasteiger partial charge in [0, 0.05) is 36.6 Å². The van der Waals surface area contributed by atoms with Gasteiger partial charge in [-0.2, -0.15) is 0 Å². The highest BCUT2D eigenvalue weighted by Gasteiger charge is 2.31. The van der Waals surface area contributed by atoms with E-state index in [1.165, 1.54) is 0 Å². The first-order valence-corrected chi connectivity index (χ1v) is 7.89. The van der Waals surface area contributed by atoms with Gasteiger partial charge in [0.1, 0.15) is 0 Å². The number of amides is 1. The monoisotopic (exact) mass is 320 g/mol. The molecule has 0 N–H and O–H groups in total. The highest BCUT2D eigenvalue weighted by Crippen LogP contribution is 2.29. The number of hydrogen-bond donors (Lipinski definition) is 0. The van der Waals surface area contributed by atoms with E-state index < -0.39 is 0 Å². The Kier molecular flexibility index (Phi) is 3.78. The summed E-state index contributed by atoms with van der Waals surface area (Å²) in [6.45, 7) is 1.30. The molecule has 0 bridgehead atoms. The Morgan fingerprint density at radius 2 is 1.88 bits per heavy atom. The largest absolute Gasteiger partial charge is 0.420 e. The Labute approximate surface area is 139 Å². The molecule has 1 aromatic carbocycles. The normalized spacial score (nSPS) is 17.2. The fourth-order valence-corrected chi connectivity index (χ4v) is 2.92. The molecule has 0 spiro atoms. The molecule has 1 amide bonds. The van der Waals surface area contributed by atoms with Crippen LogP contribution in [0.15, 0.2) is 59.3 Å². The topological polar surface area (TPSA) is 72.1 Å². The molecule has 3 aromatic rings. The fourth-order valence-electron chi connectivity index (χ4n) is 2.92. The first kappa shape index (κ1) is 14.6. The van der Waals surface area contributed by atoms with E-state index in [0.29, 0.717) is 30.4 Å². The van der Waals surface area contributed by atoms with Gasteiger partial charge in [-0.1, -0.05) is 18.2 Å². The first-order chi connectivity index (χ1) is 11.8. The van der Waals surface area contributed by atoms with Crippen LogP contribution >= 0.6 is 0 Å². The number of nitrogens with zero attached hydrogens (tertiary/aromatic N) is 4. The molecule has 0 aliphatic carbocycles. The summed E-state index contributed by atoms with van der Waals surface area (Å²) in [7, 11) is 0. The van der Waals surface area contributed by atoms with Crippen LogP contribution in [0.3, 0.4) is 0 Å². The number of carbonyl (C=O) groups excluding carboxylic acids is 1. The predicted octanol–water partition coefficient (Wildman–Crippen LogP) is 2.76. The summed E-state index contributed by atoms with van der Waals surface area (Å²) >= 11 is 0. The van der Waals surface area contributed by atoms with Gasteiger partial charge in [-0.3, -0.25) is 9.78 Å². The number of carbonyl (C=O) groups is 1. The third-order valence-corrected chi connectivity index (χ3v) is 4.21. The summed E-state index contributed by atoms with van der Waals surface area (Å²) in [6.07, 6.45) is 4.21. The molecule has 0 unspecified atom stereocenters. The van der Waals surface area contributed by atoms with Crippen LogP contribution in [0.2, 0.25) is 0 Å². The van der Waals surface area contributed by atoms with E-state index >= 15 is 0 Å². The minimum absolute atomic E-state index is 0.0481. The van der Waals surface area contributed by atoms with Crippen LogP contribution < -0.4 is 0 Å². The third kappa shape index (κ3) is 2.78. The molecule has 1 aliphatic rings. The minimum atomic E-state index is 0.0481. The maximum atomic E-state index is 12.5. The molecular formula is C18H16N4O2. The molecule has 1 saturated heterocycles. The van der Waals surface area contributed by atoms with Crippen molar-refractivity contribution in [2.45, 2.75) is 12.3 Å². The van der Waals surface area contributed by atoms with Crippen LogP contribution in [-0.4, -0.2) is 39.1 Å². The van der Waals surface area contributed by atoms with E-state index in [1.54, 1.807) is 12.4 Å². The summed E-state index contributed by atoms with van der Waals surface area (Å²) in [5.41, 5.74) is 1.56. The van der Waals surface area contributed by atoms with E-state index in [9.17, 15) is 4.79 Å². The van der Waals surface area contributed by atoms with Gasteiger partial charge < -0.3 is 9.32 Å². The van der Waals surface area contributed by atoms with Crippen molar-refractivity contribution in [3.8, 4) is 11.5 Å². The second-order valence-electron chi connectivity index (χ2n) is 5.78. The Hall–Kier alpha value is -3.02. The van der Waals surface area contributed by atoms with E-state index in [2.05, 4.69) is 15.2 Å². The maximum Gasteiger partial charge on any atom is 0.253 e. The highest BCUT2D eigenvalue weighted by molar-refractivity contribution is 5.94. The fraction of sp³-hybridized carbons (Fsp3) is 0.222. The summed E-state index contributed by atoms with van der Waals surface area (Å²) < 4.78 is 5.80. The van der Waals surface area contributed by atoms with Crippen molar-refractivity contribution in [1.82, 2.24) is 20.1 Å². The lowest BCUT2D eigenvalue weighted by Crippen LogP contribution is -2.28. The summed E-state index contributed by atoms with van der Waals surface area (Å²) in [6, 6.07) is 13.0. The number of pyridine rings is 1. The Balaban J connectivity index is 1.48. The molecule has 3 heterocycles. The van der Waals surface area contributed by atoms with Gasteiger partial charge in [-0.15, -0.1) is 10.2 Å². The highest BCUT2D eigenvalue weighted by atomic mass is 16.4. The average molecular weight is 320 g/mol. The van der Waals surface area contributed by atoms with Crippen molar-refractivity contribution in [2.24, 2.45) is 0 Å². The number of aromatic nitrogens is 3. The van der Waals surface area contributed by atoms with Gasteiger partial charge in [-0.05, 0) is 30.7 Å². The first-order valence-electron chi connectivity index (χ1n) is 7.89. The zero-order chi connectivity index (χ0) is 16.4. The van der Waals surface area contributed by atoms with Crippen LogP contribution in [-0.2, 0) is 0 Å². The maximum absolute atomic E-state index is 12.5. The summed E-state index contributed by atoms with van der Waals surface area (Å²) in [5.74, 6) is 1.21. The molecule has 6 heteroatoms. The van der Waals surface area contributed by atoms with Crippen LogP contribution in [0.4, 0.5) is 0 Å². The number of likely N-dealkylation sites (tertiary alicyclic amines) is 1. The molecule has 4 rings (SSSR count). The smallest absolute Gasteiger partial charge is 0.253 e. The average Bonchev–Trinajstić information content (AvgIpc) is 3.32. The minimum Gasteiger partial charge on any atom is -0.420 e. The molecule has 0 radical (unpaired) electrons. The zero-order valence-electron chi connectivity index (χ0n) is 13.0. The standard InChI is InChI=1S/C18H16N4O2/c23-18(14-4-2-1-3-5-14)22-11-8-15(12-22)17-21-20-16(24-17)13-6-9-19-10-7-13/h1-7,9-10,15H,8,11-12H2/t15-/m0/s1. The second-order valence-corrected chi connectivity index (χ2v) is 5.78. The van der Waals surface area contributed by atoms with Crippen molar-refractivity contribution in [3.05, 3.63) is 66.3 Å². The number of benzene rings is 1. The van der Waals surface area contributed by atoms with Crippen molar-refractivity contribution in [1.29, 1.82) is 0 Å². The van der Waals surface area contributed by atoms with E-state index in [-0.39, 0.29) is 11.8 Å². The van der Waals surface area contributed by atoms with Crippen LogP contribution in [0.25, 0.3) is 11.5 Å². The predicted molar refractivity (Wildman–Crippen MR) is 87.2 cm³/mol. The third-order valence-electron chi connectivity index (χ3n) is 4.21. The Morgan fingerprint density at radius 3 is 2.67 bits per heavy atom. The van der Waals surface area contributed by atoms with Gasteiger partial charge in [0.15, 0.2) is 0 Å². The van der Waals surface area contributed by atoms with E-state index in [0.717, 1.165) is 12.0 Å². The van der Waals surface area contributed by atoms with Crippen LogP contribution in [0.5, 0.6) is 0 Å².